The molecular weight excluding hydrogens is 292 g/mol. The molecule has 122 valence electrons. The van der Waals surface area contributed by atoms with Crippen molar-refractivity contribution < 1.29 is 4.79 Å². The topological polar surface area (TPSA) is 67.2 Å². The first kappa shape index (κ1) is 15.5. The predicted octanol–water partition coefficient (Wildman–Crippen LogP) is 1.36. The van der Waals surface area contributed by atoms with Crippen LogP contribution in [0.3, 0.4) is 0 Å². The Hall–Kier alpha value is -2.44. The number of hydrogen-bond donors (Lipinski definition) is 0. The second-order valence-electron chi connectivity index (χ2n) is 5.85. The zero-order valence-electron chi connectivity index (χ0n) is 13.6. The molecule has 1 aliphatic heterocycles. The molecule has 1 fully saturated rings. The maximum absolute atomic E-state index is 12.3. The first-order valence-corrected chi connectivity index (χ1v) is 8.08. The van der Waals surface area contributed by atoms with E-state index in [4.69, 9.17) is 0 Å². The van der Waals surface area contributed by atoms with Crippen LogP contribution in [0, 0.1) is 5.92 Å². The lowest BCUT2D eigenvalue weighted by Crippen LogP contribution is -2.50. The fourth-order valence-corrected chi connectivity index (χ4v) is 2.73. The van der Waals surface area contributed by atoms with E-state index in [1.807, 2.05) is 49.1 Å². The van der Waals surface area contributed by atoms with Crippen LogP contribution in [0.5, 0.6) is 0 Å². The molecule has 0 bridgehead atoms. The molecule has 1 amide bonds. The van der Waals surface area contributed by atoms with E-state index in [9.17, 15) is 4.79 Å². The van der Waals surface area contributed by atoms with E-state index in [2.05, 4.69) is 20.4 Å². The lowest BCUT2D eigenvalue weighted by atomic mass is 10.1. The van der Waals surface area contributed by atoms with E-state index < -0.39 is 0 Å². The van der Waals surface area contributed by atoms with Gasteiger partial charge in [0.25, 0.3) is 0 Å². The predicted molar refractivity (Wildman–Crippen MR) is 87.4 cm³/mol. The Morgan fingerprint density at radius 3 is 2.52 bits per heavy atom. The average Bonchev–Trinajstić information content (AvgIpc) is 3.11. The highest BCUT2D eigenvalue weighted by atomic mass is 16.2. The van der Waals surface area contributed by atoms with Crippen LogP contribution < -0.4 is 4.90 Å². The Bertz CT molecular complexity index is 648. The normalized spacial score (nSPS) is 16.4. The number of anilines is 1. The van der Waals surface area contributed by atoms with Gasteiger partial charge in [0.05, 0.1) is 5.69 Å². The molecule has 1 atom stereocenters. The SMILES string of the molecule is CC[C@H](C)C(=O)N1CCN(c2nnnn2-c2ccccc2)CC1. The molecule has 3 rings (SSSR count). The molecule has 1 aliphatic rings. The number of carbonyl (C=O) groups excluding carboxylic acids is 1. The highest BCUT2D eigenvalue weighted by Gasteiger charge is 2.26. The van der Waals surface area contributed by atoms with Crippen molar-refractivity contribution in [1.29, 1.82) is 0 Å². The molecule has 1 aromatic carbocycles. The fourth-order valence-electron chi connectivity index (χ4n) is 2.73. The Labute approximate surface area is 135 Å². The van der Waals surface area contributed by atoms with Gasteiger partial charge in [-0.15, -0.1) is 0 Å². The summed E-state index contributed by atoms with van der Waals surface area (Å²) < 4.78 is 1.74. The lowest BCUT2D eigenvalue weighted by molar-refractivity contribution is -0.135. The molecule has 0 unspecified atom stereocenters. The van der Waals surface area contributed by atoms with E-state index in [1.54, 1.807) is 4.68 Å². The number of amides is 1. The number of piperazine rings is 1. The molecule has 0 aliphatic carbocycles. The van der Waals surface area contributed by atoms with Crippen LogP contribution in [-0.4, -0.2) is 57.2 Å². The first-order chi connectivity index (χ1) is 11.2. The van der Waals surface area contributed by atoms with Crippen LogP contribution in [0.25, 0.3) is 5.69 Å². The summed E-state index contributed by atoms with van der Waals surface area (Å²) in [6.45, 7) is 6.96. The van der Waals surface area contributed by atoms with Crippen molar-refractivity contribution in [1.82, 2.24) is 25.1 Å². The Morgan fingerprint density at radius 2 is 1.87 bits per heavy atom. The van der Waals surface area contributed by atoms with Gasteiger partial charge in [-0.05, 0) is 29.0 Å². The monoisotopic (exact) mass is 314 g/mol. The lowest BCUT2D eigenvalue weighted by Gasteiger charge is -2.35. The van der Waals surface area contributed by atoms with Gasteiger partial charge in [0.2, 0.25) is 11.9 Å². The standard InChI is InChI=1S/C16H22N6O/c1-3-13(2)15(23)20-9-11-21(12-10-20)16-17-18-19-22(16)14-7-5-4-6-8-14/h4-8,13H,3,9-12H2,1-2H3/t13-/m0/s1. The van der Waals surface area contributed by atoms with Gasteiger partial charge in [-0.2, -0.15) is 4.68 Å². The van der Waals surface area contributed by atoms with Crippen LogP contribution in [0.2, 0.25) is 0 Å². The number of para-hydroxylation sites is 1. The van der Waals surface area contributed by atoms with Gasteiger partial charge >= 0.3 is 0 Å². The summed E-state index contributed by atoms with van der Waals surface area (Å²) >= 11 is 0. The van der Waals surface area contributed by atoms with Crippen LogP contribution in [0.4, 0.5) is 5.95 Å². The van der Waals surface area contributed by atoms with E-state index in [1.165, 1.54) is 0 Å². The fraction of sp³-hybridized carbons (Fsp3) is 0.500. The van der Waals surface area contributed by atoms with Gasteiger partial charge in [0.15, 0.2) is 0 Å². The summed E-state index contributed by atoms with van der Waals surface area (Å²) in [5.74, 6) is 1.07. The van der Waals surface area contributed by atoms with Gasteiger partial charge in [-0.3, -0.25) is 4.79 Å². The maximum atomic E-state index is 12.3. The van der Waals surface area contributed by atoms with E-state index in [0.717, 1.165) is 31.1 Å². The summed E-state index contributed by atoms with van der Waals surface area (Å²) in [6.07, 6.45) is 0.880. The quantitative estimate of drug-likeness (QED) is 0.852. The molecule has 2 aromatic rings. The molecule has 1 saturated heterocycles. The zero-order chi connectivity index (χ0) is 16.2. The van der Waals surface area contributed by atoms with E-state index in [-0.39, 0.29) is 11.8 Å². The molecule has 1 aromatic heterocycles. The Kier molecular flexibility index (Phi) is 4.55. The summed E-state index contributed by atoms with van der Waals surface area (Å²) in [5.41, 5.74) is 0.936. The van der Waals surface area contributed by atoms with Crippen LogP contribution >= 0.6 is 0 Å². The number of rotatable bonds is 4. The van der Waals surface area contributed by atoms with Gasteiger partial charge in [-0.25, -0.2) is 0 Å². The molecule has 0 N–H and O–H groups in total. The van der Waals surface area contributed by atoms with Gasteiger partial charge in [0, 0.05) is 32.1 Å². The largest absolute Gasteiger partial charge is 0.339 e. The average molecular weight is 314 g/mol. The first-order valence-electron chi connectivity index (χ1n) is 8.08. The van der Waals surface area contributed by atoms with Gasteiger partial charge in [-0.1, -0.05) is 37.1 Å². The van der Waals surface area contributed by atoms with Crippen LogP contribution in [0.1, 0.15) is 20.3 Å². The number of benzene rings is 1. The molecule has 0 spiro atoms. The third-order valence-corrected chi connectivity index (χ3v) is 4.36. The second-order valence-corrected chi connectivity index (χ2v) is 5.85. The summed E-state index contributed by atoms with van der Waals surface area (Å²) in [7, 11) is 0. The summed E-state index contributed by atoms with van der Waals surface area (Å²) in [4.78, 5) is 16.4. The number of tetrazole rings is 1. The smallest absolute Gasteiger partial charge is 0.250 e. The Balaban J connectivity index is 1.70. The third-order valence-electron chi connectivity index (χ3n) is 4.36. The van der Waals surface area contributed by atoms with Crippen molar-refractivity contribution >= 4 is 11.9 Å². The summed E-state index contributed by atoms with van der Waals surface area (Å²) in [6, 6.07) is 9.84. The molecule has 7 heteroatoms. The number of aromatic nitrogens is 4. The zero-order valence-corrected chi connectivity index (χ0v) is 13.6. The third kappa shape index (κ3) is 3.18. The highest BCUT2D eigenvalue weighted by molar-refractivity contribution is 5.78. The van der Waals surface area contributed by atoms with Crippen molar-refractivity contribution in [2.45, 2.75) is 20.3 Å². The van der Waals surface area contributed by atoms with Crippen molar-refractivity contribution in [3.05, 3.63) is 30.3 Å². The number of nitrogens with zero attached hydrogens (tertiary/aromatic N) is 6. The minimum Gasteiger partial charge on any atom is -0.339 e. The highest BCUT2D eigenvalue weighted by Crippen LogP contribution is 2.18. The van der Waals surface area contributed by atoms with Crippen LogP contribution in [0.15, 0.2) is 30.3 Å². The molecular formula is C16H22N6O. The minimum atomic E-state index is 0.0937. The molecule has 0 saturated carbocycles. The Morgan fingerprint density at radius 1 is 1.17 bits per heavy atom. The second kappa shape index (κ2) is 6.76. The number of carbonyl (C=O) groups is 1. The molecule has 2 heterocycles. The van der Waals surface area contributed by atoms with E-state index >= 15 is 0 Å². The molecule has 0 radical (unpaired) electrons. The van der Waals surface area contributed by atoms with E-state index in [0.29, 0.717) is 13.1 Å². The maximum Gasteiger partial charge on any atom is 0.250 e. The van der Waals surface area contributed by atoms with Crippen LogP contribution in [-0.2, 0) is 4.79 Å². The van der Waals surface area contributed by atoms with Crippen molar-refractivity contribution in [3.63, 3.8) is 0 Å². The van der Waals surface area contributed by atoms with Gasteiger partial charge in [0.1, 0.15) is 0 Å². The van der Waals surface area contributed by atoms with Crippen molar-refractivity contribution in [2.24, 2.45) is 5.92 Å². The molecule has 7 nitrogen and oxygen atoms in total. The molecule has 23 heavy (non-hydrogen) atoms. The number of hydrogen-bond acceptors (Lipinski definition) is 5. The minimum absolute atomic E-state index is 0.0937. The van der Waals surface area contributed by atoms with Gasteiger partial charge < -0.3 is 9.80 Å². The van der Waals surface area contributed by atoms with Crippen molar-refractivity contribution in [2.75, 3.05) is 31.1 Å². The van der Waals surface area contributed by atoms with Crippen molar-refractivity contribution in [3.8, 4) is 5.69 Å². The summed E-state index contributed by atoms with van der Waals surface area (Å²) in [5, 5.41) is 12.1.